The van der Waals surface area contributed by atoms with Gasteiger partial charge in [0.2, 0.25) is 0 Å². The van der Waals surface area contributed by atoms with Gasteiger partial charge in [-0.05, 0) is 0 Å². The lowest BCUT2D eigenvalue weighted by molar-refractivity contribution is 0.744. The van der Waals surface area contributed by atoms with Crippen LogP contribution in [0.15, 0.2) is 12.4 Å². The Bertz CT molecular complexity index is 235. The largest absolute Gasteiger partial charge is 0.256 e. The molecule has 0 radical (unpaired) electrons. The van der Waals surface area contributed by atoms with Gasteiger partial charge in [-0.2, -0.15) is 10.4 Å². The number of alkyl halides is 1. The van der Waals surface area contributed by atoms with Gasteiger partial charge in [-0.15, -0.1) is 11.6 Å². The zero-order valence-electron chi connectivity index (χ0n) is 4.58. The number of aromatic nitrogens is 2. The van der Waals surface area contributed by atoms with E-state index < -0.39 is 0 Å². The molecule has 0 aliphatic carbocycles. The molecule has 0 bridgehead atoms. The Morgan fingerprint density at radius 2 is 2.67 bits per heavy atom. The van der Waals surface area contributed by atoms with E-state index in [2.05, 4.69) is 5.10 Å². The van der Waals surface area contributed by atoms with E-state index in [1.54, 1.807) is 6.20 Å². The quantitative estimate of drug-likeness (QED) is 0.547. The first-order valence-electron chi connectivity index (χ1n) is 2.35. The monoisotopic (exact) mass is 141 g/mol. The van der Waals surface area contributed by atoms with Gasteiger partial charge < -0.3 is 0 Å². The summed E-state index contributed by atoms with van der Waals surface area (Å²) in [7, 11) is 0. The van der Waals surface area contributed by atoms with Gasteiger partial charge in [-0.1, -0.05) is 0 Å². The van der Waals surface area contributed by atoms with E-state index in [4.69, 9.17) is 16.9 Å². The van der Waals surface area contributed by atoms with Crippen molar-refractivity contribution in [3.8, 4) is 6.07 Å². The summed E-state index contributed by atoms with van der Waals surface area (Å²) in [5.74, 6) is 0. The van der Waals surface area contributed by atoms with Crippen molar-refractivity contribution in [1.29, 1.82) is 5.26 Å². The maximum Gasteiger partial charge on any atom is 0.115 e. The van der Waals surface area contributed by atoms with Crippen molar-refractivity contribution in [2.45, 2.75) is 6.00 Å². The van der Waals surface area contributed by atoms with E-state index in [9.17, 15) is 0 Å². The Labute approximate surface area is 57.5 Å². The maximum atomic E-state index is 8.30. The van der Waals surface area contributed by atoms with Crippen LogP contribution < -0.4 is 0 Å². The van der Waals surface area contributed by atoms with Crippen molar-refractivity contribution < 1.29 is 0 Å². The minimum atomic E-state index is 0.293. The average molecular weight is 142 g/mol. The molecule has 0 aromatic carbocycles. The highest BCUT2D eigenvalue weighted by molar-refractivity contribution is 6.15. The van der Waals surface area contributed by atoms with Crippen LogP contribution in [-0.2, 0) is 6.00 Å². The minimum absolute atomic E-state index is 0.293. The lowest BCUT2D eigenvalue weighted by Crippen LogP contribution is -1.89. The number of nitriles is 1. The van der Waals surface area contributed by atoms with Crippen LogP contribution in [0.25, 0.3) is 0 Å². The van der Waals surface area contributed by atoms with Gasteiger partial charge in [-0.3, -0.25) is 4.68 Å². The molecule has 0 fully saturated rings. The molecule has 1 heterocycles. The van der Waals surface area contributed by atoms with Crippen LogP contribution in [0, 0.1) is 11.3 Å². The van der Waals surface area contributed by atoms with E-state index in [0.29, 0.717) is 11.6 Å². The third kappa shape index (κ3) is 1.21. The van der Waals surface area contributed by atoms with Gasteiger partial charge in [0, 0.05) is 6.20 Å². The first-order chi connectivity index (χ1) is 4.36. The molecule has 46 valence electrons. The highest BCUT2D eigenvalue weighted by Gasteiger charge is 1.92. The second kappa shape index (κ2) is 2.51. The summed E-state index contributed by atoms with van der Waals surface area (Å²) in [6.45, 7) is 0. The van der Waals surface area contributed by atoms with Crippen LogP contribution in [-0.4, -0.2) is 9.78 Å². The van der Waals surface area contributed by atoms with Gasteiger partial charge in [-0.25, -0.2) is 0 Å². The molecule has 4 heteroatoms. The standard InChI is InChI=1S/C5H4ClN3/c6-4-9-3-5(1-7)2-8-9/h2-3H,4H2. The second-order valence-electron chi connectivity index (χ2n) is 1.50. The summed E-state index contributed by atoms with van der Waals surface area (Å²) >= 11 is 5.39. The lowest BCUT2D eigenvalue weighted by Gasteiger charge is -1.85. The fraction of sp³-hybridized carbons (Fsp3) is 0.200. The number of rotatable bonds is 1. The Morgan fingerprint density at radius 1 is 1.89 bits per heavy atom. The molecule has 0 N–H and O–H groups in total. The van der Waals surface area contributed by atoms with Crippen LogP contribution in [0.3, 0.4) is 0 Å². The van der Waals surface area contributed by atoms with Crippen molar-refractivity contribution in [2.75, 3.05) is 0 Å². The zero-order chi connectivity index (χ0) is 6.69. The SMILES string of the molecule is N#Cc1cnn(CCl)c1. The van der Waals surface area contributed by atoms with Crippen LogP contribution in [0.1, 0.15) is 5.56 Å². The smallest absolute Gasteiger partial charge is 0.115 e. The maximum absolute atomic E-state index is 8.30. The molecule has 1 rings (SSSR count). The molecule has 0 amide bonds. The molecule has 0 saturated carbocycles. The molecule has 0 unspecified atom stereocenters. The molecule has 0 aliphatic heterocycles. The molecule has 1 aromatic heterocycles. The normalized spacial score (nSPS) is 8.89. The molecule has 9 heavy (non-hydrogen) atoms. The van der Waals surface area contributed by atoms with Crippen LogP contribution in [0.4, 0.5) is 0 Å². The molecule has 3 nitrogen and oxygen atoms in total. The van der Waals surface area contributed by atoms with Crippen molar-refractivity contribution in [3.05, 3.63) is 18.0 Å². The number of hydrogen-bond donors (Lipinski definition) is 0. The first-order valence-corrected chi connectivity index (χ1v) is 2.89. The summed E-state index contributed by atoms with van der Waals surface area (Å²) < 4.78 is 1.49. The molecule has 0 aliphatic rings. The van der Waals surface area contributed by atoms with E-state index >= 15 is 0 Å². The summed E-state index contributed by atoms with van der Waals surface area (Å²) in [6.07, 6.45) is 3.06. The summed E-state index contributed by atoms with van der Waals surface area (Å²) in [5.41, 5.74) is 0.538. The third-order valence-electron chi connectivity index (χ3n) is 0.885. The fourth-order valence-electron chi connectivity index (χ4n) is 0.487. The summed E-state index contributed by atoms with van der Waals surface area (Å²) in [5, 5.41) is 12.1. The van der Waals surface area contributed by atoms with Crippen molar-refractivity contribution in [3.63, 3.8) is 0 Å². The van der Waals surface area contributed by atoms with Gasteiger partial charge in [0.25, 0.3) is 0 Å². The fourth-order valence-corrected chi connectivity index (χ4v) is 0.617. The lowest BCUT2D eigenvalue weighted by atomic mass is 10.4. The molecular formula is C5H4ClN3. The van der Waals surface area contributed by atoms with Crippen molar-refractivity contribution >= 4 is 11.6 Å². The zero-order valence-corrected chi connectivity index (χ0v) is 5.34. The molecule has 0 saturated heterocycles. The first kappa shape index (κ1) is 6.12. The number of nitrogens with zero attached hydrogens (tertiary/aromatic N) is 3. The molecule has 0 spiro atoms. The Morgan fingerprint density at radius 3 is 3.00 bits per heavy atom. The van der Waals surface area contributed by atoms with E-state index in [0.717, 1.165) is 0 Å². The summed E-state index contributed by atoms with van der Waals surface area (Å²) in [6, 6.07) is 2.23. The topological polar surface area (TPSA) is 41.6 Å². The van der Waals surface area contributed by atoms with Gasteiger partial charge >= 0.3 is 0 Å². The van der Waals surface area contributed by atoms with Crippen LogP contribution in [0.5, 0.6) is 0 Å². The Hall–Kier alpha value is -1.01. The highest BCUT2D eigenvalue weighted by Crippen LogP contribution is 1.94. The molecule has 1 aromatic rings. The predicted molar refractivity (Wildman–Crippen MR) is 32.8 cm³/mol. The summed E-state index contributed by atoms with van der Waals surface area (Å²) in [4.78, 5) is 0. The third-order valence-corrected chi connectivity index (χ3v) is 1.13. The molecule has 0 atom stereocenters. The van der Waals surface area contributed by atoms with Crippen LogP contribution in [0.2, 0.25) is 0 Å². The van der Waals surface area contributed by atoms with Gasteiger partial charge in [0.1, 0.15) is 12.1 Å². The van der Waals surface area contributed by atoms with Crippen LogP contribution >= 0.6 is 11.6 Å². The van der Waals surface area contributed by atoms with Gasteiger partial charge in [0.05, 0.1) is 11.8 Å². The second-order valence-corrected chi connectivity index (χ2v) is 1.74. The van der Waals surface area contributed by atoms with Gasteiger partial charge in [0.15, 0.2) is 0 Å². The Kier molecular flexibility index (Phi) is 1.71. The Balaban J connectivity index is 2.90. The predicted octanol–water partition coefficient (Wildman–Crippen LogP) is 0.951. The highest BCUT2D eigenvalue weighted by atomic mass is 35.5. The van der Waals surface area contributed by atoms with E-state index in [-0.39, 0.29) is 0 Å². The average Bonchev–Trinajstić information content (AvgIpc) is 2.34. The minimum Gasteiger partial charge on any atom is -0.256 e. The van der Waals surface area contributed by atoms with Crippen molar-refractivity contribution in [1.82, 2.24) is 9.78 Å². The number of halogens is 1. The van der Waals surface area contributed by atoms with E-state index in [1.807, 2.05) is 6.07 Å². The number of hydrogen-bond acceptors (Lipinski definition) is 2. The molecular weight excluding hydrogens is 138 g/mol. The van der Waals surface area contributed by atoms with Crippen molar-refractivity contribution in [2.24, 2.45) is 0 Å². The van der Waals surface area contributed by atoms with E-state index in [1.165, 1.54) is 10.9 Å².